The lowest BCUT2D eigenvalue weighted by molar-refractivity contribution is 0.0117. The van der Waals surface area contributed by atoms with Crippen molar-refractivity contribution < 1.29 is 0 Å². The largest absolute Gasteiger partial charge is 0.311 e. The van der Waals surface area contributed by atoms with E-state index in [2.05, 4.69) is 57.4 Å². The Bertz CT molecular complexity index is 387. The Morgan fingerprint density at radius 2 is 1.84 bits per heavy atom. The van der Waals surface area contributed by atoms with Crippen LogP contribution in [0.1, 0.15) is 65.2 Å². The first kappa shape index (κ1) is 15.1. The molecule has 1 aromatic rings. The molecule has 0 spiro atoms. The molecule has 1 saturated carbocycles. The minimum Gasteiger partial charge on any atom is -0.311 e. The summed E-state index contributed by atoms with van der Waals surface area (Å²) < 4.78 is 0. The molecule has 1 aromatic heterocycles. The third-order valence-corrected chi connectivity index (χ3v) is 6.04. The second-order valence-electron chi connectivity index (χ2n) is 7.42. The molecular weight excluding hydrogens is 250 g/mol. The van der Waals surface area contributed by atoms with Crippen molar-refractivity contribution in [1.29, 1.82) is 0 Å². The first-order chi connectivity index (χ1) is 8.85. The Balaban J connectivity index is 2.14. The van der Waals surface area contributed by atoms with Crippen molar-refractivity contribution in [2.75, 3.05) is 6.54 Å². The predicted octanol–water partition coefficient (Wildman–Crippen LogP) is 4.97. The van der Waals surface area contributed by atoms with E-state index in [0.717, 1.165) is 6.54 Å². The zero-order valence-electron chi connectivity index (χ0n) is 13.2. The molecule has 1 N–H and O–H groups in total. The molecule has 2 rings (SSSR count). The van der Waals surface area contributed by atoms with Crippen molar-refractivity contribution in [3.63, 3.8) is 0 Å². The smallest absolute Gasteiger partial charge is 0.0182 e. The molecule has 0 saturated heterocycles. The maximum absolute atomic E-state index is 3.75. The van der Waals surface area contributed by atoms with Crippen LogP contribution in [0.2, 0.25) is 0 Å². The van der Waals surface area contributed by atoms with Gasteiger partial charge in [0.1, 0.15) is 0 Å². The fourth-order valence-electron chi connectivity index (χ4n) is 3.53. The highest BCUT2D eigenvalue weighted by molar-refractivity contribution is 7.10. The van der Waals surface area contributed by atoms with Gasteiger partial charge in [0, 0.05) is 22.4 Å². The third kappa shape index (κ3) is 3.05. The van der Waals surface area contributed by atoms with E-state index >= 15 is 0 Å². The van der Waals surface area contributed by atoms with Crippen molar-refractivity contribution in [1.82, 2.24) is 5.32 Å². The molecule has 1 aliphatic carbocycles. The number of hydrogen-bond acceptors (Lipinski definition) is 2. The molecule has 19 heavy (non-hydrogen) atoms. The molecule has 0 bridgehead atoms. The van der Waals surface area contributed by atoms with Crippen LogP contribution in [0.4, 0.5) is 0 Å². The molecule has 108 valence electrons. The Morgan fingerprint density at radius 3 is 2.26 bits per heavy atom. The van der Waals surface area contributed by atoms with Gasteiger partial charge in [0.15, 0.2) is 0 Å². The van der Waals surface area contributed by atoms with Gasteiger partial charge < -0.3 is 5.32 Å². The van der Waals surface area contributed by atoms with Gasteiger partial charge >= 0.3 is 0 Å². The van der Waals surface area contributed by atoms with E-state index in [4.69, 9.17) is 0 Å². The monoisotopic (exact) mass is 279 g/mol. The summed E-state index contributed by atoms with van der Waals surface area (Å²) in [7, 11) is 0. The molecule has 0 unspecified atom stereocenters. The van der Waals surface area contributed by atoms with Gasteiger partial charge in [0.2, 0.25) is 0 Å². The van der Waals surface area contributed by atoms with Crippen LogP contribution in [0.5, 0.6) is 0 Å². The van der Waals surface area contributed by atoms with Crippen LogP contribution in [-0.4, -0.2) is 12.1 Å². The fourth-order valence-corrected chi connectivity index (χ4v) is 4.46. The maximum Gasteiger partial charge on any atom is 0.0182 e. The zero-order valence-corrected chi connectivity index (χ0v) is 14.0. The second kappa shape index (κ2) is 5.21. The number of nitrogens with one attached hydrogen (secondary N) is 1. The highest BCUT2D eigenvalue weighted by Gasteiger charge is 2.53. The molecule has 1 aliphatic rings. The van der Waals surface area contributed by atoms with Crippen LogP contribution in [0, 0.1) is 5.41 Å². The third-order valence-electron chi connectivity index (χ3n) is 4.93. The SMILES string of the molecule is CCC1(CC)CC(CNC(C)(C)C)(c2cccs2)C1. The van der Waals surface area contributed by atoms with E-state index < -0.39 is 0 Å². The highest BCUT2D eigenvalue weighted by Crippen LogP contribution is 2.59. The minimum absolute atomic E-state index is 0.209. The van der Waals surface area contributed by atoms with Gasteiger partial charge in [0.05, 0.1) is 0 Å². The average Bonchev–Trinajstić information content (AvgIpc) is 2.81. The summed E-state index contributed by atoms with van der Waals surface area (Å²) in [5, 5.41) is 5.97. The topological polar surface area (TPSA) is 12.0 Å². The number of hydrogen-bond donors (Lipinski definition) is 1. The average molecular weight is 279 g/mol. The van der Waals surface area contributed by atoms with Gasteiger partial charge in [-0.15, -0.1) is 11.3 Å². The molecule has 1 fully saturated rings. The summed E-state index contributed by atoms with van der Waals surface area (Å²) in [6.07, 6.45) is 5.37. The molecule has 0 aliphatic heterocycles. The first-order valence-corrected chi connectivity index (χ1v) is 8.52. The Labute approximate surface area is 122 Å². The van der Waals surface area contributed by atoms with Crippen LogP contribution >= 0.6 is 11.3 Å². The van der Waals surface area contributed by atoms with E-state index in [0.29, 0.717) is 10.8 Å². The second-order valence-corrected chi connectivity index (χ2v) is 8.37. The summed E-state index contributed by atoms with van der Waals surface area (Å²) in [6.45, 7) is 12.6. The first-order valence-electron chi connectivity index (χ1n) is 7.64. The molecule has 2 heteroatoms. The lowest BCUT2D eigenvalue weighted by atomic mass is 9.50. The van der Waals surface area contributed by atoms with Crippen molar-refractivity contribution in [3.8, 4) is 0 Å². The van der Waals surface area contributed by atoms with Crippen LogP contribution in [0.3, 0.4) is 0 Å². The van der Waals surface area contributed by atoms with Crippen molar-refractivity contribution >= 4 is 11.3 Å². The van der Waals surface area contributed by atoms with Crippen LogP contribution in [-0.2, 0) is 5.41 Å². The zero-order chi connectivity index (χ0) is 14.1. The van der Waals surface area contributed by atoms with Crippen molar-refractivity contribution in [3.05, 3.63) is 22.4 Å². The maximum atomic E-state index is 3.75. The standard InChI is InChI=1S/C17H29NS/c1-6-16(7-2)11-17(12-16,13-18-15(3,4)5)14-9-8-10-19-14/h8-10,18H,6-7,11-13H2,1-5H3. The highest BCUT2D eigenvalue weighted by atomic mass is 32.1. The Hall–Kier alpha value is -0.340. The van der Waals surface area contributed by atoms with E-state index in [1.807, 2.05) is 11.3 Å². The molecule has 0 aromatic carbocycles. The van der Waals surface area contributed by atoms with Gasteiger partial charge in [0.25, 0.3) is 0 Å². The van der Waals surface area contributed by atoms with Crippen molar-refractivity contribution in [2.45, 2.75) is 71.3 Å². The van der Waals surface area contributed by atoms with Gasteiger partial charge in [-0.3, -0.25) is 0 Å². The molecule has 0 radical (unpaired) electrons. The molecule has 0 atom stereocenters. The lowest BCUT2D eigenvalue weighted by Crippen LogP contribution is -2.56. The predicted molar refractivity (Wildman–Crippen MR) is 86.0 cm³/mol. The minimum atomic E-state index is 0.209. The fraction of sp³-hybridized carbons (Fsp3) is 0.765. The number of thiophene rings is 1. The van der Waals surface area contributed by atoms with Crippen molar-refractivity contribution in [2.24, 2.45) is 5.41 Å². The summed E-state index contributed by atoms with van der Waals surface area (Å²) in [5.74, 6) is 0. The van der Waals surface area contributed by atoms with Gasteiger partial charge in [-0.1, -0.05) is 32.8 Å². The summed E-state index contributed by atoms with van der Waals surface area (Å²) in [4.78, 5) is 1.58. The van der Waals surface area contributed by atoms with Gasteiger partial charge in [-0.2, -0.15) is 0 Å². The van der Waals surface area contributed by atoms with Crippen LogP contribution in [0.25, 0.3) is 0 Å². The van der Waals surface area contributed by atoms with E-state index in [1.54, 1.807) is 4.88 Å². The van der Waals surface area contributed by atoms with E-state index in [1.165, 1.54) is 25.7 Å². The number of rotatable bonds is 5. The summed E-state index contributed by atoms with van der Waals surface area (Å²) in [5.41, 5.74) is 1.21. The molecular formula is C17H29NS. The molecule has 1 nitrogen and oxygen atoms in total. The van der Waals surface area contributed by atoms with Gasteiger partial charge in [-0.05, 0) is 50.5 Å². The van der Waals surface area contributed by atoms with E-state index in [9.17, 15) is 0 Å². The Kier molecular flexibility index (Phi) is 4.13. The normalized spacial score (nSPS) is 21.1. The van der Waals surface area contributed by atoms with Gasteiger partial charge in [-0.25, -0.2) is 0 Å². The van der Waals surface area contributed by atoms with E-state index in [-0.39, 0.29) is 5.54 Å². The van der Waals surface area contributed by atoms with Crippen LogP contribution < -0.4 is 5.32 Å². The Morgan fingerprint density at radius 1 is 1.21 bits per heavy atom. The summed E-state index contributed by atoms with van der Waals surface area (Å²) >= 11 is 1.94. The lowest BCUT2D eigenvalue weighted by Gasteiger charge is -2.57. The van der Waals surface area contributed by atoms with Crippen LogP contribution in [0.15, 0.2) is 17.5 Å². The quantitative estimate of drug-likeness (QED) is 0.802. The summed E-state index contributed by atoms with van der Waals surface area (Å²) in [6, 6.07) is 4.54. The molecule has 0 amide bonds. The molecule has 1 heterocycles.